The van der Waals surface area contributed by atoms with Gasteiger partial charge >= 0.3 is 0 Å². The number of nitrogens with zero attached hydrogens (tertiary/aromatic N) is 1. The summed E-state index contributed by atoms with van der Waals surface area (Å²) in [6, 6.07) is 12.7. The first kappa shape index (κ1) is 19.5. The Balaban J connectivity index is 1.85. The normalized spacial score (nSPS) is 19.3. The molecule has 0 unspecified atom stereocenters. The van der Waals surface area contributed by atoms with Crippen LogP contribution in [0.25, 0.3) is 0 Å². The van der Waals surface area contributed by atoms with E-state index in [1.54, 1.807) is 37.3 Å². The molecule has 2 aliphatic rings. The van der Waals surface area contributed by atoms with E-state index in [1.165, 1.54) is 0 Å². The lowest BCUT2D eigenvalue weighted by atomic mass is 9.77. The molecule has 0 saturated heterocycles. The topological polar surface area (TPSA) is 55.8 Å². The first-order valence-corrected chi connectivity index (χ1v) is 9.98. The zero-order valence-corrected chi connectivity index (χ0v) is 17.2. The Morgan fingerprint density at radius 2 is 1.76 bits per heavy atom. The summed E-state index contributed by atoms with van der Waals surface area (Å²) in [5.74, 6) is 1.02. The lowest BCUT2D eigenvalue weighted by Gasteiger charge is -2.38. The van der Waals surface area contributed by atoms with E-state index >= 15 is 0 Å². The summed E-state index contributed by atoms with van der Waals surface area (Å²) >= 11 is 6.02. The minimum Gasteiger partial charge on any atom is -0.497 e. The van der Waals surface area contributed by atoms with Crippen molar-refractivity contribution in [3.8, 4) is 11.5 Å². The molecule has 0 fully saturated rings. The molecular weight excluding hydrogens is 390 g/mol. The highest BCUT2D eigenvalue weighted by molar-refractivity contribution is 6.30. The van der Waals surface area contributed by atoms with Gasteiger partial charge in [-0.05, 0) is 43.2 Å². The van der Waals surface area contributed by atoms with Crippen LogP contribution in [0.15, 0.2) is 53.7 Å². The maximum Gasteiger partial charge on any atom is 0.232 e. The Labute approximate surface area is 174 Å². The minimum absolute atomic E-state index is 0.0383. The molecule has 1 atom stereocenters. The summed E-state index contributed by atoms with van der Waals surface area (Å²) in [6.45, 7) is 0. The minimum atomic E-state index is -0.324. The van der Waals surface area contributed by atoms with E-state index in [4.69, 9.17) is 21.1 Å². The van der Waals surface area contributed by atoms with Crippen LogP contribution in [0, 0.1) is 0 Å². The van der Waals surface area contributed by atoms with Gasteiger partial charge in [-0.2, -0.15) is 0 Å². The van der Waals surface area contributed by atoms with Gasteiger partial charge in [-0.1, -0.05) is 17.7 Å². The number of Topliss-reactive ketones (excluding diaryl/α,β-unsaturated/α-hetero) is 1. The second-order valence-electron chi connectivity index (χ2n) is 7.21. The number of hydrogen-bond donors (Lipinski definition) is 0. The molecule has 6 heteroatoms. The second kappa shape index (κ2) is 7.91. The van der Waals surface area contributed by atoms with E-state index in [9.17, 15) is 9.59 Å². The van der Waals surface area contributed by atoms with Crippen LogP contribution in [0.4, 0.5) is 5.69 Å². The molecule has 4 rings (SSSR count). The highest BCUT2D eigenvalue weighted by Gasteiger charge is 2.40. The van der Waals surface area contributed by atoms with Gasteiger partial charge < -0.3 is 9.47 Å². The first-order valence-electron chi connectivity index (χ1n) is 9.60. The predicted molar refractivity (Wildman–Crippen MR) is 112 cm³/mol. The van der Waals surface area contributed by atoms with Gasteiger partial charge in [-0.25, -0.2) is 0 Å². The lowest BCUT2D eigenvalue weighted by molar-refractivity contribution is -0.119. The second-order valence-corrected chi connectivity index (χ2v) is 7.64. The summed E-state index contributed by atoms with van der Waals surface area (Å²) in [5, 5.41) is 0.605. The van der Waals surface area contributed by atoms with Crippen LogP contribution in [-0.4, -0.2) is 25.9 Å². The summed E-state index contributed by atoms with van der Waals surface area (Å²) in [7, 11) is 3.18. The summed E-state index contributed by atoms with van der Waals surface area (Å²) < 4.78 is 10.8. The van der Waals surface area contributed by atoms with Crippen LogP contribution in [0.1, 0.15) is 37.2 Å². The predicted octanol–water partition coefficient (Wildman–Crippen LogP) is 4.88. The van der Waals surface area contributed by atoms with E-state index in [-0.39, 0.29) is 24.0 Å². The van der Waals surface area contributed by atoms with Crippen molar-refractivity contribution >= 4 is 29.0 Å². The summed E-state index contributed by atoms with van der Waals surface area (Å²) in [6.07, 6.45) is 2.12. The number of halogens is 1. The van der Waals surface area contributed by atoms with Crippen molar-refractivity contribution in [1.29, 1.82) is 0 Å². The van der Waals surface area contributed by atoms with Crippen LogP contribution in [0.5, 0.6) is 11.5 Å². The first-order chi connectivity index (χ1) is 14.0. The van der Waals surface area contributed by atoms with Gasteiger partial charge in [0, 0.05) is 52.4 Å². The molecule has 150 valence electrons. The number of hydrogen-bond acceptors (Lipinski definition) is 4. The molecule has 1 aliphatic carbocycles. The van der Waals surface area contributed by atoms with Crippen LogP contribution in [0.2, 0.25) is 5.02 Å². The van der Waals surface area contributed by atoms with E-state index in [2.05, 4.69) is 0 Å². The largest absolute Gasteiger partial charge is 0.497 e. The van der Waals surface area contributed by atoms with E-state index in [1.807, 2.05) is 24.3 Å². The fraction of sp³-hybridized carbons (Fsp3) is 0.304. The van der Waals surface area contributed by atoms with Crippen molar-refractivity contribution in [2.45, 2.75) is 31.6 Å². The molecule has 0 bridgehead atoms. The average molecular weight is 412 g/mol. The summed E-state index contributed by atoms with van der Waals surface area (Å²) in [4.78, 5) is 27.9. The highest BCUT2D eigenvalue weighted by Crippen LogP contribution is 2.46. The fourth-order valence-electron chi connectivity index (χ4n) is 4.25. The number of anilines is 1. The number of allylic oxidation sites excluding steroid dienone is 2. The monoisotopic (exact) mass is 411 g/mol. The lowest BCUT2D eigenvalue weighted by Crippen LogP contribution is -2.40. The maximum atomic E-state index is 13.2. The van der Waals surface area contributed by atoms with Gasteiger partial charge in [0.15, 0.2) is 5.78 Å². The molecule has 0 aromatic heterocycles. The Morgan fingerprint density at radius 3 is 2.45 bits per heavy atom. The van der Waals surface area contributed by atoms with Gasteiger partial charge in [-0.3, -0.25) is 14.5 Å². The quantitative estimate of drug-likeness (QED) is 0.719. The fourth-order valence-corrected chi connectivity index (χ4v) is 4.38. The van der Waals surface area contributed by atoms with Gasteiger partial charge in [-0.15, -0.1) is 0 Å². The number of benzene rings is 2. The zero-order valence-electron chi connectivity index (χ0n) is 16.4. The molecule has 1 heterocycles. The van der Waals surface area contributed by atoms with Gasteiger partial charge in [0.1, 0.15) is 11.5 Å². The Bertz CT molecular complexity index is 996. The van der Waals surface area contributed by atoms with E-state index < -0.39 is 0 Å². The number of methoxy groups -OCH3 is 2. The van der Waals surface area contributed by atoms with Crippen molar-refractivity contribution in [2.75, 3.05) is 19.1 Å². The van der Waals surface area contributed by atoms with Gasteiger partial charge in [0.2, 0.25) is 5.91 Å². The molecule has 5 nitrogen and oxygen atoms in total. The molecule has 0 N–H and O–H groups in total. The Morgan fingerprint density at radius 1 is 1.00 bits per heavy atom. The Hall–Kier alpha value is -2.79. The number of carbonyl (C=O) groups is 2. The van der Waals surface area contributed by atoms with Crippen LogP contribution in [0.3, 0.4) is 0 Å². The summed E-state index contributed by atoms with van der Waals surface area (Å²) in [5.41, 5.74) is 3.08. The number of ether oxygens (including phenoxy) is 2. The number of carbonyl (C=O) groups excluding carboxylic acids is 2. The van der Waals surface area contributed by atoms with Crippen molar-refractivity contribution < 1.29 is 19.1 Å². The third-order valence-electron chi connectivity index (χ3n) is 5.58. The van der Waals surface area contributed by atoms with Crippen molar-refractivity contribution in [1.82, 2.24) is 0 Å². The number of rotatable bonds is 4. The Kier molecular flexibility index (Phi) is 5.33. The van der Waals surface area contributed by atoms with Crippen LogP contribution < -0.4 is 14.4 Å². The molecule has 2 aromatic carbocycles. The standard InChI is InChI=1S/C23H22ClNO4/c1-28-16-10-11-17(21(12-16)29-2)18-13-22(27)25(15-8-6-14(24)7-9-15)19-4-3-5-20(26)23(18)19/h6-12,18H,3-5,13H2,1-2H3/t18-/m0/s1. The number of amides is 1. The molecule has 2 aromatic rings. The maximum absolute atomic E-state index is 13.2. The smallest absolute Gasteiger partial charge is 0.232 e. The third kappa shape index (κ3) is 3.51. The van der Waals surface area contributed by atoms with Crippen molar-refractivity contribution in [2.24, 2.45) is 0 Å². The molecule has 0 saturated carbocycles. The van der Waals surface area contributed by atoms with Crippen molar-refractivity contribution in [3.05, 3.63) is 64.3 Å². The third-order valence-corrected chi connectivity index (χ3v) is 5.83. The van der Waals surface area contributed by atoms with Crippen LogP contribution in [-0.2, 0) is 9.59 Å². The van der Waals surface area contributed by atoms with E-state index in [0.717, 1.165) is 23.4 Å². The zero-order chi connectivity index (χ0) is 20.5. The van der Waals surface area contributed by atoms with Gasteiger partial charge in [0.05, 0.1) is 14.2 Å². The van der Waals surface area contributed by atoms with Crippen LogP contribution >= 0.6 is 11.6 Å². The van der Waals surface area contributed by atoms with Gasteiger partial charge in [0.25, 0.3) is 0 Å². The van der Waals surface area contributed by atoms with Crippen molar-refractivity contribution in [3.63, 3.8) is 0 Å². The van der Waals surface area contributed by atoms with E-state index in [0.29, 0.717) is 34.9 Å². The average Bonchev–Trinajstić information content (AvgIpc) is 2.73. The molecule has 1 amide bonds. The number of ketones is 1. The molecule has 0 spiro atoms. The molecule has 0 radical (unpaired) electrons. The SMILES string of the molecule is COc1ccc([C@@H]2CC(=O)N(c3ccc(Cl)cc3)C3=C2C(=O)CCC3)c(OC)c1. The molecule has 29 heavy (non-hydrogen) atoms. The highest BCUT2D eigenvalue weighted by atomic mass is 35.5. The molecule has 1 aliphatic heterocycles. The molecular formula is C23H22ClNO4.